The Morgan fingerprint density at radius 1 is 1.07 bits per heavy atom. The van der Waals surface area contributed by atoms with Gasteiger partial charge in [0.2, 0.25) is 0 Å². The van der Waals surface area contributed by atoms with E-state index in [-0.39, 0.29) is 24.0 Å². The minimum Gasteiger partial charge on any atom is -0.354 e. The van der Waals surface area contributed by atoms with Gasteiger partial charge in [-0.15, -0.1) is 24.0 Å². The van der Waals surface area contributed by atoms with E-state index in [1.807, 2.05) is 30.5 Å². The van der Waals surface area contributed by atoms with Gasteiger partial charge >= 0.3 is 0 Å². The highest BCUT2D eigenvalue weighted by molar-refractivity contribution is 14.0. The Labute approximate surface area is 195 Å². The summed E-state index contributed by atoms with van der Waals surface area (Å²) in [7, 11) is 1.76. The zero-order valence-corrected chi connectivity index (χ0v) is 20.2. The molecular weight excluding hydrogens is 499 g/mol. The van der Waals surface area contributed by atoms with Gasteiger partial charge in [-0.1, -0.05) is 42.8 Å². The largest absolute Gasteiger partial charge is 0.354 e. The maximum absolute atomic E-state index is 6.20. The van der Waals surface area contributed by atoms with Crippen molar-refractivity contribution in [1.82, 2.24) is 20.5 Å². The number of likely N-dealkylation sites (N-methyl/N-ethyl adjacent to an activating group) is 1. The molecule has 6 nitrogen and oxygen atoms in total. The molecule has 2 aromatic rings. The Bertz CT molecular complexity index is 775. The lowest BCUT2D eigenvalue weighted by molar-refractivity contribution is 0.270. The molecule has 0 radical (unpaired) electrons. The molecule has 1 aromatic carbocycles. The quantitative estimate of drug-likeness (QED) is 0.342. The number of anilines is 1. The van der Waals surface area contributed by atoms with Crippen molar-refractivity contribution in [2.75, 3.05) is 44.7 Å². The van der Waals surface area contributed by atoms with E-state index in [0.29, 0.717) is 13.1 Å². The Hall–Kier alpha value is -1.58. The molecule has 1 aromatic heterocycles. The zero-order chi connectivity index (χ0) is 19.8. The molecule has 0 amide bonds. The third-order valence-corrected chi connectivity index (χ3v) is 5.41. The van der Waals surface area contributed by atoms with E-state index in [0.717, 1.165) is 60.7 Å². The van der Waals surface area contributed by atoms with Gasteiger partial charge in [0.15, 0.2) is 5.96 Å². The van der Waals surface area contributed by atoms with Gasteiger partial charge in [0.05, 0.1) is 0 Å². The number of aromatic nitrogens is 1. The normalized spacial score (nSPS) is 15.0. The van der Waals surface area contributed by atoms with Crippen LogP contribution >= 0.6 is 35.6 Å². The molecule has 2 heterocycles. The highest BCUT2D eigenvalue weighted by Gasteiger charge is 2.16. The van der Waals surface area contributed by atoms with Crippen molar-refractivity contribution in [2.45, 2.75) is 20.0 Å². The van der Waals surface area contributed by atoms with Crippen LogP contribution in [-0.2, 0) is 13.1 Å². The molecule has 0 atom stereocenters. The first kappa shape index (κ1) is 23.7. The van der Waals surface area contributed by atoms with Crippen molar-refractivity contribution in [2.24, 2.45) is 4.99 Å². The highest BCUT2D eigenvalue weighted by Crippen LogP contribution is 2.15. The van der Waals surface area contributed by atoms with Crippen molar-refractivity contribution in [3.8, 4) is 0 Å². The van der Waals surface area contributed by atoms with Crippen molar-refractivity contribution >= 4 is 47.4 Å². The monoisotopic (exact) mass is 528 g/mol. The van der Waals surface area contributed by atoms with Crippen LogP contribution in [-0.4, -0.2) is 55.6 Å². The number of aliphatic imine (C=N–C) groups is 1. The van der Waals surface area contributed by atoms with Crippen LogP contribution in [0, 0.1) is 0 Å². The van der Waals surface area contributed by atoms with E-state index in [2.05, 4.69) is 49.5 Å². The molecule has 1 aliphatic rings. The van der Waals surface area contributed by atoms with Gasteiger partial charge < -0.3 is 20.4 Å². The summed E-state index contributed by atoms with van der Waals surface area (Å²) in [6.07, 6.45) is 1.94. The first-order chi connectivity index (χ1) is 13.7. The summed E-state index contributed by atoms with van der Waals surface area (Å²) in [5, 5.41) is 7.37. The lowest BCUT2D eigenvalue weighted by Gasteiger charge is -2.34. The summed E-state index contributed by atoms with van der Waals surface area (Å²) in [6, 6.07) is 12.0. The molecule has 0 unspecified atom stereocenters. The predicted molar refractivity (Wildman–Crippen MR) is 132 cm³/mol. The first-order valence-corrected chi connectivity index (χ1v) is 10.2. The average molecular weight is 529 g/mol. The fraction of sp³-hybridized carbons (Fsp3) is 0.429. The van der Waals surface area contributed by atoms with Crippen molar-refractivity contribution in [3.05, 3.63) is 58.7 Å². The molecule has 2 N–H and O–H groups in total. The second-order valence-electron chi connectivity index (χ2n) is 6.82. The number of guanidine groups is 1. The van der Waals surface area contributed by atoms with Crippen LogP contribution in [0.5, 0.6) is 0 Å². The Morgan fingerprint density at radius 3 is 2.41 bits per heavy atom. The summed E-state index contributed by atoms with van der Waals surface area (Å²) >= 11 is 6.20. The summed E-state index contributed by atoms with van der Waals surface area (Å²) < 4.78 is 0. The Morgan fingerprint density at radius 2 is 1.79 bits per heavy atom. The molecule has 1 fully saturated rings. The van der Waals surface area contributed by atoms with Gasteiger partial charge in [0.1, 0.15) is 5.82 Å². The molecule has 29 heavy (non-hydrogen) atoms. The lowest BCUT2D eigenvalue weighted by atomic mass is 10.2. The molecule has 158 valence electrons. The zero-order valence-electron chi connectivity index (χ0n) is 17.1. The second kappa shape index (κ2) is 12.2. The van der Waals surface area contributed by atoms with Crippen LogP contribution in [0.4, 0.5) is 5.82 Å². The molecule has 0 bridgehead atoms. The topological polar surface area (TPSA) is 55.8 Å². The standard InChI is InChI=1S/C21H29ClN6.HI/c1-3-27-10-12-28(13-11-27)20-9-8-17(14-24-20)15-25-21(23-2)26-16-18-6-4-5-7-19(18)22;/h4-9,14H,3,10-13,15-16H2,1-2H3,(H2,23,25,26);1H. The van der Waals surface area contributed by atoms with Crippen molar-refractivity contribution in [1.29, 1.82) is 0 Å². The highest BCUT2D eigenvalue weighted by atomic mass is 127. The molecular formula is C21H30ClIN6. The minimum absolute atomic E-state index is 0. The summed E-state index contributed by atoms with van der Waals surface area (Å²) in [6.45, 7) is 8.92. The molecule has 0 aliphatic carbocycles. The summed E-state index contributed by atoms with van der Waals surface area (Å²) in [5.41, 5.74) is 2.16. The molecule has 8 heteroatoms. The van der Waals surface area contributed by atoms with Crippen LogP contribution in [0.2, 0.25) is 5.02 Å². The van der Waals surface area contributed by atoms with Gasteiger partial charge in [-0.2, -0.15) is 0 Å². The van der Waals surface area contributed by atoms with Crippen LogP contribution in [0.15, 0.2) is 47.6 Å². The number of nitrogens with zero attached hydrogens (tertiary/aromatic N) is 4. The summed E-state index contributed by atoms with van der Waals surface area (Å²) in [4.78, 5) is 13.7. The van der Waals surface area contributed by atoms with E-state index < -0.39 is 0 Å². The molecule has 0 spiro atoms. The van der Waals surface area contributed by atoms with Crippen LogP contribution in [0.1, 0.15) is 18.1 Å². The Balaban J connectivity index is 0.00000300. The van der Waals surface area contributed by atoms with Crippen molar-refractivity contribution < 1.29 is 0 Å². The number of piperazine rings is 1. The third-order valence-electron chi connectivity index (χ3n) is 5.04. The van der Waals surface area contributed by atoms with Crippen LogP contribution in [0.3, 0.4) is 0 Å². The number of halogens is 2. The van der Waals surface area contributed by atoms with E-state index in [1.54, 1.807) is 7.05 Å². The smallest absolute Gasteiger partial charge is 0.191 e. The first-order valence-electron chi connectivity index (χ1n) is 9.79. The average Bonchev–Trinajstić information content (AvgIpc) is 2.75. The minimum atomic E-state index is 0. The number of hydrogen-bond acceptors (Lipinski definition) is 4. The number of pyridine rings is 1. The lowest BCUT2D eigenvalue weighted by Crippen LogP contribution is -2.46. The fourth-order valence-electron chi connectivity index (χ4n) is 3.23. The maximum Gasteiger partial charge on any atom is 0.191 e. The SMILES string of the molecule is CCN1CCN(c2ccc(CNC(=NC)NCc3ccccc3Cl)cn2)CC1.I. The number of rotatable bonds is 6. The van der Waals surface area contributed by atoms with E-state index in [9.17, 15) is 0 Å². The van der Waals surface area contributed by atoms with E-state index in [4.69, 9.17) is 11.6 Å². The molecule has 3 rings (SSSR count). The van der Waals surface area contributed by atoms with E-state index in [1.165, 1.54) is 0 Å². The van der Waals surface area contributed by atoms with Gasteiger partial charge in [-0.25, -0.2) is 4.98 Å². The number of hydrogen-bond donors (Lipinski definition) is 2. The molecule has 1 saturated heterocycles. The third kappa shape index (κ3) is 7.01. The molecule has 1 aliphatic heterocycles. The van der Waals surface area contributed by atoms with Gasteiger partial charge in [0.25, 0.3) is 0 Å². The summed E-state index contributed by atoms with van der Waals surface area (Å²) in [5.74, 6) is 1.79. The van der Waals surface area contributed by atoms with Crippen LogP contribution < -0.4 is 15.5 Å². The molecule has 0 saturated carbocycles. The predicted octanol–water partition coefficient (Wildman–Crippen LogP) is 3.36. The van der Waals surface area contributed by atoms with Gasteiger partial charge in [0, 0.05) is 57.5 Å². The second-order valence-corrected chi connectivity index (χ2v) is 7.22. The van der Waals surface area contributed by atoms with E-state index >= 15 is 0 Å². The number of benzene rings is 1. The Kier molecular flexibility index (Phi) is 9.96. The fourth-order valence-corrected chi connectivity index (χ4v) is 3.43. The number of nitrogens with one attached hydrogen (secondary N) is 2. The van der Waals surface area contributed by atoms with Crippen LogP contribution in [0.25, 0.3) is 0 Å². The van der Waals surface area contributed by atoms with Gasteiger partial charge in [-0.05, 0) is 29.8 Å². The van der Waals surface area contributed by atoms with Crippen molar-refractivity contribution in [3.63, 3.8) is 0 Å². The van der Waals surface area contributed by atoms with Gasteiger partial charge in [-0.3, -0.25) is 4.99 Å². The maximum atomic E-state index is 6.20.